The van der Waals surface area contributed by atoms with E-state index in [-0.39, 0.29) is 0 Å². The van der Waals surface area contributed by atoms with Crippen molar-refractivity contribution < 1.29 is 4.74 Å². The Morgan fingerprint density at radius 3 is 2.89 bits per heavy atom. The zero-order chi connectivity index (χ0) is 6.95. The first-order valence-corrected chi connectivity index (χ1v) is 2.97. The van der Waals surface area contributed by atoms with Gasteiger partial charge in [-0.15, -0.1) is 12.5 Å². The second-order valence-electron chi connectivity index (χ2n) is 1.61. The molecule has 0 aromatic rings. The van der Waals surface area contributed by atoms with E-state index >= 15 is 0 Å². The fourth-order valence-electron chi connectivity index (χ4n) is 0.386. The molecule has 0 bridgehead atoms. The van der Waals surface area contributed by atoms with Crippen molar-refractivity contribution in [1.29, 1.82) is 0 Å². The molecule has 0 aliphatic heterocycles. The zero-order valence-corrected chi connectivity index (χ0v) is 5.81. The van der Waals surface area contributed by atoms with Crippen LogP contribution in [0.5, 0.6) is 0 Å². The van der Waals surface area contributed by atoms with Gasteiger partial charge in [0.15, 0.2) is 0 Å². The molecule has 0 aromatic heterocycles. The van der Waals surface area contributed by atoms with Gasteiger partial charge >= 0.3 is 0 Å². The molecule has 0 heterocycles. The lowest BCUT2D eigenvalue weighted by atomic mass is 10.3. The number of hydrogen-bond acceptors (Lipinski definition) is 1. The number of ether oxygens (including phenoxy) is 1. The normalized spacial score (nSPS) is 7.67. The molecule has 0 amide bonds. The van der Waals surface area contributed by atoms with Gasteiger partial charge in [-0.2, -0.15) is 0 Å². The van der Waals surface area contributed by atoms with Crippen molar-refractivity contribution in [3.05, 3.63) is 12.7 Å². The van der Waals surface area contributed by atoms with Gasteiger partial charge in [0.1, 0.15) is 6.61 Å². The molecule has 0 aliphatic rings. The summed E-state index contributed by atoms with van der Waals surface area (Å²) in [6, 6.07) is 0. The third kappa shape index (κ3) is 7.26. The van der Waals surface area contributed by atoms with Crippen LogP contribution in [0.2, 0.25) is 0 Å². The van der Waals surface area contributed by atoms with Gasteiger partial charge in [-0.3, -0.25) is 0 Å². The fraction of sp³-hybridized carbons (Fsp3) is 0.500. The quantitative estimate of drug-likeness (QED) is 0.315. The van der Waals surface area contributed by atoms with Crippen LogP contribution < -0.4 is 0 Å². The van der Waals surface area contributed by atoms with Crippen LogP contribution in [0.25, 0.3) is 0 Å². The van der Waals surface area contributed by atoms with E-state index in [4.69, 9.17) is 4.74 Å². The van der Waals surface area contributed by atoms with Crippen LogP contribution in [0.1, 0.15) is 12.8 Å². The summed E-state index contributed by atoms with van der Waals surface area (Å²) in [5.74, 6) is 5.79. The first-order chi connectivity index (χ1) is 4.41. The SMILES string of the molecule is C=CCCC#CCOC. The minimum absolute atomic E-state index is 0.539. The standard InChI is InChI=1S/C8H12O/c1-3-4-5-6-7-8-9-2/h3H,1,4-5,8H2,2H3. The van der Waals surface area contributed by atoms with Gasteiger partial charge in [-0.25, -0.2) is 0 Å². The van der Waals surface area contributed by atoms with Crippen molar-refractivity contribution in [2.45, 2.75) is 12.8 Å². The predicted octanol–water partition coefficient (Wildman–Crippen LogP) is 1.60. The molecular formula is C8H12O. The molecule has 0 aliphatic carbocycles. The van der Waals surface area contributed by atoms with Crippen molar-refractivity contribution in [2.75, 3.05) is 13.7 Å². The fourth-order valence-corrected chi connectivity index (χ4v) is 0.386. The van der Waals surface area contributed by atoms with E-state index in [1.165, 1.54) is 0 Å². The van der Waals surface area contributed by atoms with Crippen LogP contribution >= 0.6 is 0 Å². The molecule has 0 fully saturated rings. The van der Waals surface area contributed by atoms with Gasteiger partial charge < -0.3 is 4.74 Å². The Bertz CT molecular complexity index is 116. The van der Waals surface area contributed by atoms with E-state index < -0.39 is 0 Å². The molecule has 0 spiro atoms. The van der Waals surface area contributed by atoms with E-state index in [0.29, 0.717) is 6.61 Å². The summed E-state index contributed by atoms with van der Waals surface area (Å²) in [5.41, 5.74) is 0. The smallest absolute Gasteiger partial charge is 0.107 e. The molecule has 0 rings (SSSR count). The molecule has 0 unspecified atom stereocenters. The Labute approximate surface area is 56.7 Å². The van der Waals surface area contributed by atoms with E-state index in [0.717, 1.165) is 12.8 Å². The van der Waals surface area contributed by atoms with E-state index in [2.05, 4.69) is 18.4 Å². The molecular weight excluding hydrogens is 112 g/mol. The molecule has 0 N–H and O–H groups in total. The molecule has 1 nitrogen and oxygen atoms in total. The number of hydrogen-bond donors (Lipinski definition) is 0. The average molecular weight is 124 g/mol. The maximum atomic E-state index is 4.72. The molecule has 0 aromatic carbocycles. The largest absolute Gasteiger partial charge is 0.372 e. The molecule has 0 radical (unpaired) electrons. The Morgan fingerprint density at radius 1 is 1.56 bits per heavy atom. The molecule has 50 valence electrons. The second kappa shape index (κ2) is 7.26. The van der Waals surface area contributed by atoms with Crippen LogP contribution in [0.15, 0.2) is 12.7 Å². The molecule has 9 heavy (non-hydrogen) atoms. The third-order valence-electron chi connectivity index (χ3n) is 0.815. The average Bonchev–Trinajstić information content (AvgIpc) is 1.89. The summed E-state index contributed by atoms with van der Waals surface area (Å²) in [5, 5.41) is 0. The lowest BCUT2D eigenvalue weighted by molar-refractivity contribution is 0.239. The summed E-state index contributed by atoms with van der Waals surface area (Å²) in [6.45, 7) is 4.12. The monoisotopic (exact) mass is 124 g/mol. The van der Waals surface area contributed by atoms with Crippen molar-refractivity contribution in [3.63, 3.8) is 0 Å². The summed E-state index contributed by atoms with van der Waals surface area (Å²) >= 11 is 0. The first-order valence-electron chi connectivity index (χ1n) is 2.97. The van der Waals surface area contributed by atoms with E-state index in [9.17, 15) is 0 Å². The highest BCUT2D eigenvalue weighted by Crippen LogP contribution is 1.84. The predicted molar refractivity (Wildman–Crippen MR) is 39.1 cm³/mol. The molecule has 0 atom stereocenters. The Kier molecular flexibility index (Phi) is 6.66. The molecule has 1 heteroatoms. The number of unbranched alkanes of at least 4 members (excludes halogenated alkanes) is 1. The number of allylic oxidation sites excluding steroid dienone is 1. The summed E-state index contributed by atoms with van der Waals surface area (Å²) in [6.07, 6.45) is 3.73. The molecule has 0 saturated carbocycles. The summed E-state index contributed by atoms with van der Waals surface area (Å²) in [7, 11) is 1.64. The second-order valence-corrected chi connectivity index (χ2v) is 1.61. The first kappa shape index (κ1) is 8.26. The van der Waals surface area contributed by atoms with Crippen LogP contribution in [-0.4, -0.2) is 13.7 Å². The lowest BCUT2D eigenvalue weighted by Crippen LogP contribution is -1.80. The minimum atomic E-state index is 0.539. The Hall–Kier alpha value is -0.740. The van der Waals surface area contributed by atoms with Gasteiger partial charge in [0.2, 0.25) is 0 Å². The lowest BCUT2D eigenvalue weighted by Gasteiger charge is -1.82. The number of rotatable bonds is 3. The van der Waals surface area contributed by atoms with Gasteiger partial charge in [-0.1, -0.05) is 12.0 Å². The van der Waals surface area contributed by atoms with Crippen molar-refractivity contribution in [3.8, 4) is 11.8 Å². The molecule has 0 saturated heterocycles. The van der Waals surface area contributed by atoms with Crippen molar-refractivity contribution >= 4 is 0 Å². The van der Waals surface area contributed by atoms with Gasteiger partial charge in [0, 0.05) is 13.5 Å². The maximum Gasteiger partial charge on any atom is 0.107 e. The zero-order valence-electron chi connectivity index (χ0n) is 5.81. The summed E-state index contributed by atoms with van der Waals surface area (Å²) in [4.78, 5) is 0. The minimum Gasteiger partial charge on any atom is -0.372 e. The summed E-state index contributed by atoms with van der Waals surface area (Å²) < 4.78 is 4.72. The highest BCUT2D eigenvalue weighted by molar-refractivity contribution is 4.99. The Balaban J connectivity index is 3.05. The van der Waals surface area contributed by atoms with Gasteiger partial charge in [0.25, 0.3) is 0 Å². The van der Waals surface area contributed by atoms with Crippen molar-refractivity contribution in [2.24, 2.45) is 0 Å². The van der Waals surface area contributed by atoms with Crippen LogP contribution in [-0.2, 0) is 4.74 Å². The number of methoxy groups -OCH3 is 1. The van der Waals surface area contributed by atoms with Gasteiger partial charge in [-0.05, 0) is 6.42 Å². The highest BCUT2D eigenvalue weighted by atomic mass is 16.5. The van der Waals surface area contributed by atoms with E-state index in [1.807, 2.05) is 6.08 Å². The van der Waals surface area contributed by atoms with Crippen LogP contribution in [0.3, 0.4) is 0 Å². The van der Waals surface area contributed by atoms with Gasteiger partial charge in [0.05, 0.1) is 0 Å². The topological polar surface area (TPSA) is 9.23 Å². The van der Waals surface area contributed by atoms with Crippen LogP contribution in [0.4, 0.5) is 0 Å². The van der Waals surface area contributed by atoms with Crippen molar-refractivity contribution in [1.82, 2.24) is 0 Å². The highest BCUT2D eigenvalue weighted by Gasteiger charge is 1.71. The Morgan fingerprint density at radius 2 is 2.33 bits per heavy atom. The maximum absolute atomic E-state index is 4.72. The van der Waals surface area contributed by atoms with E-state index in [1.54, 1.807) is 7.11 Å². The van der Waals surface area contributed by atoms with Crippen LogP contribution in [0, 0.1) is 11.8 Å². The third-order valence-corrected chi connectivity index (χ3v) is 0.815.